The number of hydrogen-bond donors (Lipinski definition) is 2. The van der Waals surface area contributed by atoms with E-state index in [0.717, 1.165) is 6.07 Å². The number of aromatic nitrogens is 1. The third-order valence-corrected chi connectivity index (χ3v) is 1.94. The summed E-state index contributed by atoms with van der Waals surface area (Å²) in [6.45, 7) is 1.50. The molecule has 1 amide bonds. The van der Waals surface area contributed by atoms with E-state index in [9.17, 15) is 14.4 Å². The molecule has 0 aromatic carbocycles. The van der Waals surface area contributed by atoms with Gasteiger partial charge in [-0.25, -0.2) is 4.79 Å². The molecule has 1 unspecified atom stereocenters. The molecule has 1 rings (SSSR count). The number of hydrogen-bond acceptors (Lipinski definition) is 4. The summed E-state index contributed by atoms with van der Waals surface area (Å²) in [7, 11) is 1.23. The fourth-order valence-corrected chi connectivity index (χ4v) is 1.10. The van der Waals surface area contributed by atoms with Crippen molar-refractivity contribution >= 4 is 11.9 Å². The Balaban J connectivity index is 2.73. The van der Waals surface area contributed by atoms with Crippen molar-refractivity contribution in [3.8, 4) is 0 Å². The molecule has 2 N–H and O–H groups in total. The molecule has 6 heteroatoms. The summed E-state index contributed by atoms with van der Waals surface area (Å²) in [5.41, 5.74) is -0.183. The van der Waals surface area contributed by atoms with Crippen LogP contribution in [0.15, 0.2) is 23.1 Å². The largest absolute Gasteiger partial charge is 0.467 e. The molecular weight excluding hydrogens is 212 g/mol. The van der Waals surface area contributed by atoms with Crippen LogP contribution < -0.4 is 10.9 Å². The molecule has 6 nitrogen and oxygen atoms in total. The van der Waals surface area contributed by atoms with Gasteiger partial charge in [-0.3, -0.25) is 9.59 Å². The highest BCUT2D eigenvalue weighted by atomic mass is 16.5. The number of esters is 1. The van der Waals surface area contributed by atoms with Crippen molar-refractivity contribution in [2.45, 2.75) is 13.0 Å². The maximum atomic E-state index is 11.6. The predicted octanol–water partition coefficient (Wildman–Crippen LogP) is -0.334. The van der Waals surface area contributed by atoms with Crippen molar-refractivity contribution in [2.75, 3.05) is 7.11 Å². The number of ether oxygens (including phenoxy) is 1. The van der Waals surface area contributed by atoms with Crippen LogP contribution in [0.5, 0.6) is 0 Å². The van der Waals surface area contributed by atoms with Crippen LogP contribution in [0, 0.1) is 0 Å². The number of nitrogens with one attached hydrogen (secondary N) is 2. The molecule has 0 saturated carbocycles. The lowest BCUT2D eigenvalue weighted by atomic mass is 10.2. The summed E-state index contributed by atoms with van der Waals surface area (Å²) in [5, 5.41) is 2.41. The first-order chi connectivity index (χ1) is 7.54. The molecular formula is C10H12N2O4. The van der Waals surface area contributed by atoms with Gasteiger partial charge >= 0.3 is 5.97 Å². The standard InChI is InChI=1S/C10H12N2O4/c1-6(10(15)16-2)12-9(14)7-3-4-11-8(13)5-7/h3-6H,1-2H3,(H,11,13)(H,12,14). The van der Waals surface area contributed by atoms with Gasteiger partial charge in [0.15, 0.2) is 0 Å². The summed E-state index contributed by atoms with van der Waals surface area (Å²) in [5.74, 6) is -1.04. The highest BCUT2D eigenvalue weighted by Crippen LogP contribution is 1.95. The molecule has 0 bridgehead atoms. The minimum absolute atomic E-state index is 0.194. The van der Waals surface area contributed by atoms with Crippen LogP contribution in [-0.2, 0) is 9.53 Å². The third-order valence-electron chi connectivity index (χ3n) is 1.94. The van der Waals surface area contributed by atoms with Crippen molar-refractivity contribution in [1.29, 1.82) is 0 Å². The van der Waals surface area contributed by atoms with Gasteiger partial charge in [-0.1, -0.05) is 0 Å². The van der Waals surface area contributed by atoms with E-state index in [0.29, 0.717) is 0 Å². The highest BCUT2D eigenvalue weighted by Gasteiger charge is 2.16. The van der Waals surface area contributed by atoms with Gasteiger partial charge in [0.25, 0.3) is 5.91 Å². The molecule has 0 spiro atoms. The molecule has 0 aliphatic heterocycles. The Morgan fingerprint density at radius 1 is 1.50 bits per heavy atom. The number of aromatic amines is 1. The lowest BCUT2D eigenvalue weighted by Crippen LogP contribution is -2.39. The number of rotatable bonds is 3. The zero-order valence-electron chi connectivity index (χ0n) is 8.94. The lowest BCUT2D eigenvalue weighted by Gasteiger charge is -2.10. The Bertz CT molecular complexity index is 452. The maximum absolute atomic E-state index is 11.6. The van der Waals surface area contributed by atoms with Crippen LogP contribution in [0.2, 0.25) is 0 Å². The number of carbonyl (C=O) groups excluding carboxylic acids is 2. The zero-order chi connectivity index (χ0) is 12.1. The summed E-state index contributed by atoms with van der Waals surface area (Å²) in [4.78, 5) is 35.9. The van der Waals surface area contributed by atoms with Crippen LogP contribution >= 0.6 is 0 Å². The normalized spacial score (nSPS) is 11.6. The van der Waals surface area contributed by atoms with Gasteiger partial charge in [0, 0.05) is 17.8 Å². The predicted molar refractivity (Wildman–Crippen MR) is 56.0 cm³/mol. The van der Waals surface area contributed by atoms with E-state index < -0.39 is 17.9 Å². The molecule has 0 aliphatic carbocycles. The van der Waals surface area contributed by atoms with Crippen molar-refractivity contribution in [3.63, 3.8) is 0 Å². The van der Waals surface area contributed by atoms with Crippen molar-refractivity contribution in [2.24, 2.45) is 0 Å². The van der Waals surface area contributed by atoms with Gasteiger partial charge in [-0.15, -0.1) is 0 Å². The summed E-state index contributed by atoms with van der Waals surface area (Å²) < 4.78 is 4.45. The molecule has 1 aromatic heterocycles. The van der Waals surface area contributed by atoms with E-state index in [2.05, 4.69) is 15.0 Å². The smallest absolute Gasteiger partial charge is 0.328 e. The number of methoxy groups -OCH3 is 1. The Hall–Kier alpha value is -2.11. The van der Waals surface area contributed by atoms with E-state index >= 15 is 0 Å². The van der Waals surface area contributed by atoms with E-state index in [-0.39, 0.29) is 11.1 Å². The first kappa shape index (κ1) is 12.0. The van der Waals surface area contributed by atoms with Crippen molar-refractivity contribution < 1.29 is 14.3 Å². The number of pyridine rings is 1. The first-order valence-corrected chi connectivity index (χ1v) is 4.62. The van der Waals surface area contributed by atoms with Gasteiger partial charge in [0.05, 0.1) is 7.11 Å². The van der Waals surface area contributed by atoms with Gasteiger partial charge in [0.1, 0.15) is 6.04 Å². The van der Waals surface area contributed by atoms with Crippen LogP contribution in [0.4, 0.5) is 0 Å². The monoisotopic (exact) mass is 224 g/mol. The van der Waals surface area contributed by atoms with Gasteiger partial charge < -0.3 is 15.0 Å². The second-order valence-electron chi connectivity index (χ2n) is 3.16. The van der Waals surface area contributed by atoms with Crippen LogP contribution in [0.3, 0.4) is 0 Å². The number of H-pyrrole nitrogens is 1. The van der Waals surface area contributed by atoms with Gasteiger partial charge in [0.2, 0.25) is 5.56 Å². The Morgan fingerprint density at radius 3 is 2.75 bits per heavy atom. The average Bonchev–Trinajstić information content (AvgIpc) is 2.27. The quantitative estimate of drug-likeness (QED) is 0.688. The van der Waals surface area contributed by atoms with Crippen molar-refractivity contribution in [1.82, 2.24) is 10.3 Å². The summed E-state index contributed by atoms with van der Waals surface area (Å²) >= 11 is 0. The Labute approximate surface area is 91.6 Å². The fourth-order valence-electron chi connectivity index (χ4n) is 1.10. The van der Waals surface area contributed by atoms with Gasteiger partial charge in [-0.2, -0.15) is 0 Å². The lowest BCUT2D eigenvalue weighted by molar-refractivity contribution is -0.142. The fraction of sp³-hybridized carbons (Fsp3) is 0.300. The van der Waals surface area contributed by atoms with Gasteiger partial charge in [-0.05, 0) is 13.0 Å². The molecule has 86 valence electrons. The molecule has 1 atom stereocenters. The van der Waals surface area contributed by atoms with E-state index in [1.807, 2.05) is 0 Å². The summed E-state index contributed by atoms with van der Waals surface area (Å²) in [6.07, 6.45) is 1.36. The molecule has 16 heavy (non-hydrogen) atoms. The van der Waals surface area contributed by atoms with E-state index in [4.69, 9.17) is 0 Å². The zero-order valence-corrected chi connectivity index (χ0v) is 8.94. The Morgan fingerprint density at radius 2 is 2.19 bits per heavy atom. The first-order valence-electron chi connectivity index (χ1n) is 4.62. The Kier molecular flexibility index (Phi) is 3.82. The second kappa shape index (κ2) is 5.11. The third kappa shape index (κ3) is 2.94. The maximum Gasteiger partial charge on any atom is 0.328 e. The molecule has 0 radical (unpaired) electrons. The average molecular weight is 224 g/mol. The minimum atomic E-state index is -0.753. The van der Waals surface area contributed by atoms with Crippen LogP contribution in [0.1, 0.15) is 17.3 Å². The van der Waals surface area contributed by atoms with Crippen LogP contribution in [-0.4, -0.2) is 30.0 Å². The SMILES string of the molecule is COC(=O)C(C)NC(=O)c1cc[nH]c(=O)c1. The molecule has 0 aliphatic rings. The van der Waals surface area contributed by atoms with E-state index in [1.165, 1.54) is 26.3 Å². The molecule has 1 aromatic rings. The second-order valence-corrected chi connectivity index (χ2v) is 3.16. The number of carbonyl (C=O) groups is 2. The number of amides is 1. The highest BCUT2D eigenvalue weighted by molar-refractivity contribution is 5.96. The molecule has 0 fully saturated rings. The minimum Gasteiger partial charge on any atom is -0.467 e. The molecule has 1 heterocycles. The van der Waals surface area contributed by atoms with Crippen LogP contribution in [0.25, 0.3) is 0 Å². The topological polar surface area (TPSA) is 88.3 Å². The molecule has 0 saturated heterocycles. The van der Waals surface area contributed by atoms with E-state index in [1.54, 1.807) is 0 Å². The van der Waals surface area contributed by atoms with Crippen molar-refractivity contribution in [3.05, 3.63) is 34.2 Å². The summed E-state index contributed by atoms with van der Waals surface area (Å²) in [6, 6.07) is 1.84.